The summed E-state index contributed by atoms with van der Waals surface area (Å²) in [6, 6.07) is 6.77. The first-order chi connectivity index (χ1) is 15.9. The quantitative estimate of drug-likeness (QED) is 0.457. The second-order valence-corrected chi connectivity index (χ2v) is 8.52. The average Bonchev–Trinajstić information content (AvgIpc) is 3.68. The Balaban J connectivity index is 1.38. The summed E-state index contributed by atoms with van der Waals surface area (Å²) in [6.07, 6.45) is 8.45. The zero-order valence-corrected chi connectivity index (χ0v) is 18.5. The molecule has 1 aliphatic carbocycles. The number of piperidine rings is 1. The number of hydrogen-bond acceptors (Lipinski definition) is 7. The molecule has 0 bridgehead atoms. The van der Waals surface area contributed by atoms with Crippen LogP contribution in [0, 0.1) is 18.3 Å². The number of carbonyl (C=O) groups is 2. The second-order valence-electron chi connectivity index (χ2n) is 8.52. The highest BCUT2D eigenvalue weighted by atomic mass is 16.4. The van der Waals surface area contributed by atoms with E-state index in [1.54, 1.807) is 36.7 Å². The van der Waals surface area contributed by atoms with Crippen LogP contribution in [-0.2, 0) is 4.79 Å². The number of carboxylic acids is 1. The lowest BCUT2D eigenvalue weighted by Crippen LogP contribution is -2.44. The highest BCUT2D eigenvalue weighted by molar-refractivity contribution is 5.88. The van der Waals surface area contributed by atoms with Crippen LogP contribution in [0.5, 0.6) is 0 Å². The van der Waals surface area contributed by atoms with Crippen molar-refractivity contribution in [3.63, 3.8) is 0 Å². The second kappa shape index (κ2) is 9.81. The van der Waals surface area contributed by atoms with Gasteiger partial charge in [-0.3, -0.25) is 4.79 Å². The van der Waals surface area contributed by atoms with Crippen LogP contribution in [0.1, 0.15) is 41.6 Å². The van der Waals surface area contributed by atoms with Crippen LogP contribution < -0.4 is 10.6 Å². The van der Waals surface area contributed by atoms with E-state index in [0.29, 0.717) is 23.2 Å². The van der Waals surface area contributed by atoms with Crippen LogP contribution in [0.25, 0.3) is 11.3 Å². The molecule has 2 heterocycles. The Morgan fingerprint density at radius 2 is 1.85 bits per heavy atom. The summed E-state index contributed by atoms with van der Waals surface area (Å²) in [5, 5.41) is 23.2. The van der Waals surface area contributed by atoms with Crippen molar-refractivity contribution in [2.24, 2.45) is 5.92 Å². The van der Waals surface area contributed by atoms with Crippen molar-refractivity contribution in [2.45, 2.75) is 38.6 Å². The van der Waals surface area contributed by atoms with E-state index in [0.717, 1.165) is 49.9 Å². The smallest absolute Gasteiger partial charge is 0.335 e. The van der Waals surface area contributed by atoms with E-state index in [1.807, 2.05) is 11.8 Å². The number of aromatic nitrogens is 2. The van der Waals surface area contributed by atoms with Gasteiger partial charge in [-0.25, -0.2) is 14.8 Å². The lowest BCUT2D eigenvalue weighted by atomic mass is 10.0. The number of benzene rings is 1. The van der Waals surface area contributed by atoms with Crippen LogP contribution in [0.15, 0.2) is 42.4 Å². The summed E-state index contributed by atoms with van der Waals surface area (Å²) >= 11 is 0. The monoisotopic (exact) mass is 448 g/mol. The third-order valence-electron chi connectivity index (χ3n) is 6.00. The van der Waals surface area contributed by atoms with E-state index >= 15 is 0 Å². The largest absolute Gasteiger partial charge is 0.478 e. The lowest BCUT2D eigenvalue weighted by Gasteiger charge is -2.32. The molecule has 1 amide bonds. The molecule has 9 nitrogen and oxygen atoms in total. The van der Waals surface area contributed by atoms with Crippen molar-refractivity contribution in [1.29, 1.82) is 5.41 Å². The fourth-order valence-electron chi connectivity index (χ4n) is 3.87. The van der Waals surface area contributed by atoms with Crippen molar-refractivity contribution in [1.82, 2.24) is 20.2 Å². The van der Waals surface area contributed by atoms with Gasteiger partial charge in [-0.1, -0.05) is 12.1 Å². The summed E-state index contributed by atoms with van der Waals surface area (Å²) < 4.78 is 0. The van der Waals surface area contributed by atoms with Gasteiger partial charge in [0, 0.05) is 49.2 Å². The molecule has 33 heavy (non-hydrogen) atoms. The SMILES string of the molecule is Cc1cnc(N/C(C=N)=C/NC2CCN(C(=O)C3CC3)CC2)nc1-c1ccc(C(=O)O)cc1. The molecule has 9 heteroatoms. The van der Waals surface area contributed by atoms with Gasteiger partial charge in [0.05, 0.1) is 17.0 Å². The minimum atomic E-state index is -0.975. The molecule has 1 aliphatic heterocycles. The van der Waals surface area contributed by atoms with Crippen LogP contribution in [0.4, 0.5) is 5.95 Å². The fraction of sp³-hybridized carbons (Fsp3) is 0.375. The Bertz CT molecular complexity index is 1070. The van der Waals surface area contributed by atoms with Gasteiger partial charge < -0.3 is 26.0 Å². The number of hydrogen-bond donors (Lipinski definition) is 4. The number of carboxylic acid groups (broad SMARTS) is 1. The summed E-state index contributed by atoms with van der Waals surface area (Å²) in [7, 11) is 0. The summed E-state index contributed by atoms with van der Waals surface area (Å²) in [5.74, 6) is -0.0653. The number of anilines is 1. The Labute approximate surface area is 192 Å². The molecular formula is C24H28N6O3. The minimum absolute atomic E-state index is 0.214. The van der Waals surface area contributed by atoms with Crippen molar-refractivity contribution < 1.29 is 14.7 Å². The number of aryl methyl sites for hydroxylation is 1. The minimum Gasteiger partial charge on any atom is -0.478 e. The number of carbonyl (C=O) groups excluding carboxylic acids is 1. The maximum Gasteiger partial charge on any atom is 0.335 e. The van der Waals surface area contributed by atoms with Gasteiger partial charge in [-0.2, -0.15) is 0 Å². The molecule has 172 valence electrons. The van der Waals surface area contributed by atoms with E-state index < -0.39 is 5.97 Å². The topological polar surface area (TPSA) is 131 Å². The molecule has 2 fully saturated rings. The average molecular weight is 449 g/mol. The lowest BCUT2D eigenvalue weighted by molar-refractivity contribution is -0.133. The molecule has 4 N–H and O–H groups in total. The standard InChI is InChI=1S/C24H28N6O3/c1-15-13-27-24(29-21(15)16-2-6-18(7-3-16)23(32)33)28-20(12-25)14-26-19-8-10-30(11-9-19)22(31)17-4-5-17/h2-3,6-7,12-14,17,19,25-26H,4-5,8-11H2,1H3,(H,32,33)(H,27,28,29)/b20-14+,25-12?. The van der Waals surface area contributed by atoms with E-state index in [1.165, 1.54) is 6.21 Å². The zero-order chi connectivity index (χ0) is 23.4. The van der Waals surface area contributed by atoms with Crippen molar-refractivity contribution in [2.75, 3.05) is 18.4 Å². The van der Waals surface area contributed by atoms with Crippen LogP contribution >= 0.6 is 0 Å². The van der Waals surface area contributed by atoms with Gasteiger partial charge in [-0.05, 0) is 50.3 Å². The van der Waals surface area contributed by atoms with Crippen LogP contribution in [0.3, 0.4) is 0 Å². The van der Waals surface area contributed by atoms with Crippen molar-refractivity contribution in [3.05, 3.63) is 53.5 Å². The van der Waals surface area contributed by atoms with Gasteiger partial charge >= 0.3 is 5.97 Å². The molecule has 0 unspecified atom stereocenters. The Hall–Kier alpha value is -3.75. The van der Waals surface area contributed by atoms with E-state index in [-0.39, 0.29) is 17.5 Å². The number of aromatic carboxylic acids is 1. The molecule has 0 radical (unpaired) electrons. The molecule has 0 spiro atoms. The molecule has 1 aromatic heterocycles. The van der Waals surface area contributed by atoms with E-state index in [4.69, 9.17) is 10.5 Å². The predicted molar refractivity (Wildman–Crippen MR) is 125 cm³/mol. The van der Waals surface area contributed by atoms with Gasteiger partial charge in [0.1, 0.15) is 0 Å². The zero-order valence-electron chi connectivity index (χ0n) is 18.5. The number of likely N-dealkylation sites (tertiary alicyclic amines) is 1. The molecule has 1 saturated carbocycles. The third-order valence-corrected chi connectivity index (χ3v) is 6.00. The third kappa shape index (κ3) is 5.54. The van der Waals surface area contributed by atoms with Crippen molar-refractivity contribution >= 4 is 24.0 Å². The molecule has 1 saturated heterocycles. The summed E-state index contributed by atoms with van der Waals surface area (Å²) in [4.78, 5) is 34.1. The normalized spacial score (nSPS) is 16.9. The first kappa shape index (κ1) is 22.4. The van der Waals surface area contributed by atoms with Crippen LogP contribution in [0.2, 0.25) is 0 Å². The van der Waals surface area contributed by atoms with Crippen molar-refractivity contribution in [3.8, 4) is 11.3 Å². The molecule has 1 aromatic carbocycles. The number of amides is 1. The molecule has 2 aliphatic rings. The van der Waals surface area contributed by atoms with Gasteiger partial charge in [0.15, 0.2) is 0 Å². The van der Waals surface area contributed by atoms with E-state index in [9.17, 15) is 9.59 Å². The number of nitrogens with zero attached hydrogens (tertiary/aromatic N) is 3. The number of rotatable bonds is 8. The number of nitrogens with one attached hydrogen (secondary N) is 3. The Morgan fingerprint density at radius 1 is 1.15 bits per heavy atom. The first-order valence-corrected chi connectivity index (χ1v) is 11.1. The van der Waals surface area contributed by atoms with Gasteiger partial charge in [-0.15, -0.1) is 0 Å². The maximum absolute atomic E-state index is 12.2. The fourth-order valence-corrected chi connectivity index (χ4v) is 3.87. The maximum atomic E-state index is 12.2. The first-order valence-electron chi connectivity index (χ1n) is 11.1. The molecular weight excluding hydrogens is 420 g/mol. The van der Waals surface area contributed by atoms with E-state index in [2.05, 4.69) is 20.6 Å². The molecule has 2 aromatic rings. The summed E-state index contributed by atoms with van der Waals surface area (Å²) in [6.45, 7) is 3.41. The highest BCUT2D eigenvalue weighted by Gasteiger charge is 2.34. The molecule has 4 rings (SSSR count). The Morgan fingerprint density at radius 3 is 2.45 bits per heavy atom. The van der Waals surface area contributed by atoms with Gasteiger partial charge in [0.2, 0.25) is 11.9 Å². The Kier molecular flexibility index (Phi) is 6.67. The van der Waals surface area contributed by atoms with Gasteiger partial charge in [0.25, 0.3) is 0 Å². The molecule has 0 atom stereocenters. The number of allylic oxidation sites excluding steroid dienone is 1. The summed E-state index contributed by atoms with van der Waals surface area (Å²) in [5.41, 5.74) is 3.06. The highest BCUT2D eigenvalue weighted by Crippen LogP contribution is 2.32. The predicted octanol–water partition coefficient (Wildman–Crippen LogP) is 3.04. The van der Waals surface area contributed by atoms with Crippen LogP contribution in [-0.4, -0.2) is 57.2 Å².